The number of aliphatic carboxylic acids is 1. The van der Waals surface area contributed by atoms with Crippen molar-refractivity contribution in [2.24, 2.45) is 11.7 Å². The maximum absolute atomic E-state index is 13.7. The van der Waals surface area contributed by atoms with Crippen molar-refractivity contribution in [2.45, 2.75) is 70.3 Å². The molecule has 0 bridgehead atoms. The fourth-order valence-corrected chi connectivity index (χ4v) is 4.53. The van der Waals surface area contributed by atoms with Crippen LogP contribution in [0.2, 0.25) is 0 Å². The van der Waals surface area contributed by atoms with Crippen LogP contribution in [0.1, 0.15) is 38.3 Å². The van der Waals surface area contributed by atoms with Gasteiger partial charge in [0.25, 0.3) is 0 Å². The van der Waals surface area contributed by atoms with Crippen molar-refractivity contribution in [3.05, 3.63) is 65.9 Å². The Hall–Kier alpha value is -4.42. The molecule has 5 unspecified atom stereocenters. The van der Waals surface area contributed by atoms with Gasteiger partial charge in [-0.25, -0.2) is 4.79 Å². The van der Waals surface area contributed by atoms with E-state index >= 15 is 0 Å². The quantitative estimate of drug-likeness (QED) is 0.137. The zero-order chi connectivity index (χ0) is 31.0. The predicted molar refractivity (Wildman–Crippen MR) is 156 cm³/mol. The fourth-order valence-electron chi connectivity index (χ4n) is 4.53. The zero-order valence-corrected chi connectivity index (χ0v) is 23.8. The maximum Gasteiger partial charge on any atom is 0.326 e. The second kappa shape index (κ2) is 14.5. The number of phenolic OH excluding ortho intramolecular Hbond substituents is 1. The van der Waals surface area contributed by atoms with Crippen LogP contribution in [0.3, 0.4) is 0 Å². The zero-order valence-electron chi connectivity index (χ0n) is 23.8. The number of carbonyl (C=O) groups excluding carboxylic acids is 3. The number of carbonyl (C=O) groups is 4. The number of rotatable bonds is 14. The summed E-state index contributed by atoms with van der Waals surface area (Å²) in [5, 5.41) is 37.7. The number of aliphatic hydroxyl groups is 1. The summed E-state index contributed by atoms with van der Waals surface area (Å²) in [5.41, 5.74) is 7.93. The van der Waals surface area contributed by atoms with Crippen molar-refractivity contribution in [3.63, 3.8) is 0 Å². The summed E-state index contributed by atoms with van der Waals surface area (Å²) in [6.07, 6.45) is 0.735. The summed E-state index contributed by atoms with van der Waals surface area (Å²) in [7, 11) is 0. The predicted octanol–water partition coefficient (Wildman–Crippen LogP) is 0.952. The summed E-state index contributed by atoms with van der Waals surface area (Å²) in [6.45, 7) is 5.01. The Kier molecular flexibility index (Phi) is 11.1. The first kappa shape index (κ1) is 32.1. The summed E-state index contributed by atoms with van der Waals surface area (Å²) in [6, 6.07) is 8.56. The van der Waals surface area contributed by atoms with Crippen LogP contribution in [0.5, 0.6) is 5.75 Å². The lowest BCUT2D eigenvalue weighted by molar-refractivity contribution is -0.142. The molecule has 2 aromatic carbocycles. The largest absolute Gasteiger partial charge is 0.508 e. The number of phenols is 1. The molecule has 1 heterocycles. The van der Waals surface area contributed by atoms with E-state index in [-0.39, 0.29) is 30.9 Å². The van der Waals surface area contributed by atoms with E-state index in [0.29, 0.717) is 5.56 Å². The Morgan fingerprint density at radius 3 is 2.00 bits per heavy atom. The van der Waals surface area contributed by atoms with Crippen LogP contribution in [0.25, 0.3) is 10.9 Å². The van der Waals surface area contributed by atoms with Crippen LogP contribution in [0.15, 0.2) is 54.7 Å². The third-order valence-electron chi connectivity index (χ3n) is 6.89. The van der Waals surface area contributed by atoms with E-state index in [1.807, 2.05) is 38.1 Å². The smallest absolute Gasteiger partial charge is 0.326 e. The fraction of sp³-hybridized carbons (Fsp3) is 0.400. The Morgan fingerprint density at radius 2 is 1.40 bits per heavy atom. The molecule has 0 spiro atoms. The van der Waals surface area contributed by atoms with E-state index in [1.54, 1.807) is 18.3 Å². The molecular weight excluding hydrogens is 542 g/mol. The van der Waals surface area contributed by atoms with E-state index in [1.165, 1.54) is 19.1 Å². The molecule has 0 aliphatic carbocycles. The molecule has 9 N–H and O–H groups in total. The third-order valence-corrected chi connectivity index (χ3v) is 6.89. The second-order valence-corrected chi connectivity index (χ2v) is 10.9. The Labute approximate surface area is 243 Å². The van der Waals surface area contributed by atoms with Crippen molar-refractivity contribution >= 4 is 34.6 Å². The minimum absolute atomic E-state index is 0.0170. The van der Waals surface area contributed by atoms with E-state index in [9.17, 15) is 34.5 Å². The molecule has 5 atom stereocenters. The lowest BCUT2D eigenvalue weighted by Gasteiger charge is -2.26. The van der Waals surface area contributed by atoms with Crippen molar-refractivity contribution in [3.8, 4) is 5.75 Å². The molecule has 12 heteroatoms. The number of hydrogen-bond acceptors (Lipinski definition) is 7. The number of aromatic hydroxyl groups is 1. The molecule has 0 aliphatic rings. The topological polar surface area (TPSA) is 207 Å². The van der Waals surface area contributed by atoms with Crippen LogP contribution in [-0.2, 0) is 32.0 Å². The number of carboxylic acids is 1. The van der Waals surface area contributed by atoms with Gasteiger partial charge in [0, 0.05) is 29.9 Å². The van der Waals surface area contributed by atoms with Gasteiger partial charge in [0.1, 0.15) is 29.9 Å². The van der Waals surface area contributed by atoms with E-state index in [2.05, 4.69) is 20.9 Å². The molecule has 3 amide bonds. The number of aliphatic hydroxyl groups excluding tert-OH is 1. The van der Waals surface area contributed by atoms with Gasteiger partial charge in [0.2, 0.25) is 17.7 Å². The molecule has 0 fully saturated rings. The highest BCUT2D eigenvalue weighted by molar-refractivity contribution is 5.95. The van der Waals surface area contributed by atoms with Gasteiger partial charge in [0.15, 0.2) is 0 Å². The van der Waals surface area contributed by atoms with E-state index < -0.39 is 54.0 Å². The van der Waals surface area contributed by atoms with Crippen LogP contribution in [0, 0.1) is 5.92 Å². The minimum Gasteiger partial charge on any atom is -0.508 e. The number of aromatic nitrogens is 1. The highest BCUT2D eigenvalue weighted by atomic mass is 16.4. The first-order chi connectivity index (χ1) is 19.8. The monoisotopic (exact) mass is 581 g/mol. The highest BCUT2D eigenvalue weighted by Gasteiger charge is 2.32. The second-order valence-electron chi connectivity index (χ2n) is 10.9. The van der Waals surface area contributed by atoms with Gasteiger partial charge >= 0.3 is 5.97 Å². The summed E-state index contributed by atoms with van der Waals surface area (Å²) in [5.74, 6) is -3.38. The third kappa shape index (κ3) is 8.79. The van der Waals surface area contributed by atoms with Gasteiger partial charge < -0.3 is 42.0 Å². The number of nitrogens with two attached hydrogens (primary N) is 1. The normalized spacial score (nSPS) is 14.9. The molecule has 0 saturated heterocycles. The van der Waals surface area contributed by atoms with Gasteiger partial charge in [0.05, 0.1) is 6.10 Å². The maximum atomic E-state index is 13.7. The number of amides is 3. The number of H-pyrrole nitrogens is 1. The SMILES string of the molecule is CC(C)CC(NC(=O)C(Cc1c[nH]c2ccccc12)NC(=O)C(Cc1ccc(O)cc1)NC(=O)C(N)C(C)O)C(=O)O. The Balaban J connectivity index is 1.92. The number of nitrogens with one attached hydrogen (secondary N) is 4. The Morgan fingerprint density at radius 1 is 0.833 bits per heavy atom. The minimum atomic E-state index is -1.31. The number of benzene rings is 2. The van der Waals surface area contributed by atoms with Crippen molar-refractivity contribution < 1.29 is 34.5 Å². The van der Waals surface area contributed by atoms with Crippen LogP contribution >= 0.6 is 0 Å². The van der Waals surface area contributed by atoms with Gasteiger partial charge in [-0.05, 0) is 48.6 Å². The van der Waals surface area contributed by atoms with Crippen molar-refractivity contribution in [1.29, 1.82) is 0 Å². The number of aromatic amines is 1. The van der Waals surface area contributed by atoms with Gasteiger partial charge in [-0.3, -0.25) is 14.4 Å². The van der Waals surface area contributed by atoms with Gasteiger partial charge in [-0.15, -0.1) is 0 Å². The van der Waals surface area contributed by atoms with Crippen LogP contribution < -0.4 is 21.7 Å². The lowest BCUT2D eigenvalue weighted by Crippen LogP contribution is -2.59. The van der Waals surface area contributed by atoms with Gasteiger partial charge in [-0.1, -0.05) is 44.2 Å². The van der Waals surface area contributed by atoms with E-state index in [4.69, 9.17) is 5.73 Å². The molecule has 0 radical (unpaired) electrons. The standard InChI is InChI=1S/C30H39N5O7/c1-16(2)12-25(30(41)42)35-28(39)24(14-19-15-32-22-7-5-4-6-21(19)22)33-27(38)23(34-29(40)26(31)17(3)36)13-18-8-10-20(37)11-9-18/h4-11,15-17,23-26,32,36-37H,12-14,31H2,1-3H3,(H,33,38)(H,34,40)(H,35,39)(H,41,42). The molecular formula is C30H39N5O7. The highest BCUT2D eigenvalue weighted by Crippen LogP contribution is 2.20. The number of para-hydroxylation sites is 1. The molecule has 1 aromatic heterocycles. The summed E-state index contributed by atoms with van der Waals surface area (Å²) >= 11 is 0. The molecule has 0 saturated carbocycles. The molecule has 3 rings (SSSR count). The van der Waals surface area contributed by atoms with Crippen LogP contribution in [0.4, 0.5) is 0 Å². The molecule has 0 aliphatic heterocycles. The van der Waals surface area contributed by atoms with Crippen LogP contribution in [-0.4, -0.2) is 74.3 Å². The molecule has 226 valence electrons. The first-order valence-corrected chi connectivity index (χ1v) is 13.8. The average molecular weight is 582 g/mol. The summed E-state index contributed by atoms with van der Waals surface area (Å²) < 4.78 is 0. The lowest BCUT2D eigenvalue weighted by atomic mass is 10.00. The first-order valence-electron chi connectivity index (χ1n) is 13.8. The average Bonchev–Trinajstić information content (AvgIpc) is 3.34. The molecule has 42 heavy (non-hydrogen) atoms. The molecule has 3 aromatic rings. The van der Waals surface area contributed by atoms with Gasteiger partial charge in [-0.2, -0.15) is 0 Å². The number of hydrogen-bond donors (Lipinski definition) is 8. The number of carboxylic acid groups (broad SMARTS) is 1. The Bertz CT molecular complexity index is 1390. The summed E-state index contributed by atoms with van der Waals surface area (Å²) in [4.78, 5) is 54.9. The number of fused-ring (bicyclic) bond motifs is 1. The molecule has 12 nitrogen and oxygen atoms in total. The van der Waals surface area contributed by atoms with Crippen molar-refractivity contribution in [2.75, 3.05) is 0 Å². The van der Waals surface area contributed by atoms with Crippen molar-refractivity contribution in [1.82, 2.24) is 20.9 Å². The van der Waals surface area contributed by atoms with E-state index in [0.717, 1.165) is 16.5 Å².